The van der Waals surface area contributed by atoms with E-state index in [-0.39, 0.29) is 0 Å². The molecule has 0 aliphatic heterocycles. The highest BCUT2D eigenvalue weighted by Gasteiger charge is 2.17. The molecule has 0 saturated heterocycles. The van der Waals surface area contributed by atoms with Crippen LogP contribution in [-0.4, -0.2) is 5.91 Å². The van der Waals surface area contributed by atoms with Crippen molar-refractivity contribution in [3.63, 3.8) is 0 Å². The molecule has 0 aromatic heterocycles. The number of nitrogens with one attached hydrogen (secondary N) is 1. The van der Waals surface area contributed by atoms with Crippen molar-refractivity contribution in [1.29, 1.82) is 5.26 Å². The first kappa shape index (κ1) is 14.1. The molecule has 0 bridgehead atoms. The molecule has 2 aromatic carbocycles. The Kier molecular flexibility index (Phi) is 4.36. The molecule has 2 aromatic rings. The van der Waals surface area contributed by atoms with E-state index in [9.17, 15) is 4.79 Å². The van der Waals surface area contributed by atoms with E-state index in [0.717, 1.165) is 0 Å². The number of nitriles is 1. The van der Waals surface area contributed by atoms with Crippen LogP contribution in [0.4, 0.5) is 5.69 Å². The summed E-state index contributed by atoms with van der Waals surface area (Å²) in [4.78, 5) is 12.1. The number of hydrogen-bond donors (Lipinski definition) is 2. The molecule has 1 amide bonds. The highest BCUT2D eigenvalue weighted by molar-refractivity contribution is 6.31. The number of carbonyl (C=O) groups is 1. The van der Waals surface area contributed by atoms with E-state index < -0.39 is 11.9 Å². The lowest BCUT2D eigenvalue weighted by atomic mass is 10.1. The lowest BCUT2D eigenvalue weighted by Gasteiger charge is -2.13. The molecule has 5 heteroatoms. The molecule has 20 heavy (non-hydrogen) atoms. The van der Waals surface area contributed by atoms with Gasteiger partial charge in [0.15, 0.2) is 0 Å². The minimum absolute atomic E-state index is 0.336. The van der Waals surface area contributed by atoms with Gasteiger partial charge in [-0.2, -0.15) is 5.26 Å². The first-order chi connectivity index (χ1) is 9.61. The van der Waals surface area contributed by atoms with Crippen LogP contribution in [0.25, 0.3) is 0 Å². The van der Waals surface area contributed by atoms with Gasteiger partial charge in [0.05, 0.1) is 11.3 Å². The zero-order valence-corrected chi connectivity index (χ0v) is 11.3. The fourth-order valence-electron chi connectivity index (χ4n) is 1.74. The average Bonchev–Trinajstić information content (AvgIpc) is 2.47. The molecule has 1 atom stereocenters. The number of benzene rings is 2. The Bertz CT molecular complexity index is 665. The predicted molar refractivity (Wildman–Crippen MR) is 78.2 cm³/mol. The molecule has 0 unspecified atom stereocenters. The molecule has 0 radical (unpaired) electrons. The lowest BCUT2D eigenvalue weighted by Crippen LogP contribution is -2.28. The summed E-state index contributed by atoms with van der Waals surface area (Å²) in [5.41, 5.74) is 7.28. The number of rotatable bonds is 3. The summed E-state index contributed by atoms with van der Waals surface area (Å²) < 4.78 is 0. The summed E-state index contributed by atoms with van der Waals surface area (Å²) in [6.07, 6.45) is 0. The van der Waals surface area contributed by atoms with E-state index in [2.05, 4.69) is 5.32 Å². The minimum atomic E-state index is -0.804. The van der Waals surface area contributed by atoms with E-state index >= 15 is 0 Å². The predicted octanol–water partition coefficient (Wildman–Crippen LogP) is 2.85. The van der Waals surface area contributed by atoms with Crippen LogP contribution in [0, 0.1) is 11.3 Å². The molecule has 100 valence electrons. The van der Waals surface area contributed by atoms with Gasteiger partial charge in [-0.25, -0.2) is 0 Å². The smallest absolute Gasteiger partial charge is 0.245 e. The van der Waals surface area contributed by atoms with E-state index in [1.54, 1.807) is 24.3 Å². The van der Waals surface area contributed by atoms with Gasteiger partial charge in [-0.15, -0.1) is 0 Å². The van der Waals surface area contributed by atoms with Crippen LogP contribution < -0.4 is 11.1 Å². The molecular formula is C15H12ClN3O. The van der Waals surface area contributed by atoms with Gasteiger partial charge < -0.3 is 11.1 Å². The number of hydrogen-bond acceptors (Lipinski definition) is 3. The zero-order valence-electron chi connectivity index (χ0n) is 10.5. The van der Waals surface area contributed by atoms with Gasteiger partial charge in [-0.05, 0) is 23.8 Å². The third kappa shape index (κ3) is 3.15. The molecule has 3 N–H and O–H groups in total. The normalized spacial score (nSPS) is 11.4. The van der Waals surface area contributed by atoms with Gasteiger partial charge in [0, 0.05) is 5.02 Å². The second-order valence-corrected chi connectivity index (χ2v) is 4.62. The summed E-state index contributed by atoms with van der Waals surface area (Å²) in [6.45, 7) is 0. The third-order valence-electron chi connectivity index (χ3n) is 2.80. The zero-order chi connectivity index (χ0) is 14.5. The first-order valence-electron chi connectivity index (χ1n) is 5.93. The summed E-state index contributed by atoms with van der Waals surface area (Å²) in [5.74, 6) is -0.394. The number of amides is 1. The summed E-state index contributed by atoms with van der Waals surface area (Å²) in [6, 6.07) is 14.9. The molecule has 0 aliphatic rings. The van der Waals surface area contributed by atoms with Gasteiger partial charge >= 0.3 is 0 Å². The summed E-state index contributed by atoms with van der Waals surface area (Å²) >= 11 is 5.86. The van der Waals surface area contributed by atoms with Crippen molar-refractivity contribution in [1.82, 2.24) is 0 Å². The molecular weight excluding hydrogens is 274 g/mol. The molecule has 0 aliphatic carbocycles. The molecule has 4 nitrogen and oxygen atoms in total. The van der Waals surface area contributed by atoms with Crippen molar-refractivity contribution in [3.8, 4) is 6.07 Å². The third-order valence-corrected chi connectivity index (χ3v) is 3.04. The summed E-state index contributed by atoms with van der Waals surface area (Å²) in [5, 5.41) is 12.1. The van der Waals surface area contributed by atoms with Gasteiger partial charge in [-0.3, -0.25) is 4.79 Å². The van der Waals surface area contributed by atoms with Crippen molar-refractivity contribution in [2.24, 2.45) is 5.73 Å². The summed E-state index contributed by atoms with van der Waals surface area (Å²) in [7, 11) is 0. The highest BCUT2D eigenvalue weighted by Crippen LogP contribution is 2.21. The van der Waals surface area contributed by atoms with Crippen LogP contribution in [0.2, 0.25) is 5.02 Å². The second kappa shape index (κ2) is 6.20. The molecule has 0 spiro atoms. The number of nitrogens with two attached hydrogens (primary N) is 1. The van der Waals surface area contributed by atoms with Crippen LogP contribution in [-0.2, 0) is 4.79 Å². The Morgan fingerprint density at radius 2 is 1.95 bits per heavy atom. The first-order valence-corrected chi connectivity index (χ1v) is 6.30. The van der Waals surface area contributed by atoms with Gasteiger partial charge in [0.2, 0.25) is 5.91 Å². The molecule has 0 heterocycles. The van der Waals surface area contributed by atoms with Crippen molar-refractivity contribution in [2.75, 3.05) is 5.32 Å². The Morgan fingerprint density at radius 1 is 1.25 bits per heavy atom. The molecule has 2 rings (SSSR count). The lowest BCUT2D eigenvalue weighted by molar-refractivity contribution is -0.117. The Labute approximate surface area is 121 Å². The molecule has 0 fully saturated rings. The fourth-order valence-corrected chi connectivity index (χ4v) is 1.91. The van der Waals surface area contributed by atoms with Crippen molar-refractivity contribution >= 4 is 23.2 Å². The number of nitrogens with zero attached hydrogens (tertiary/aromatic N) is 1. The Morgan fingerprint density at radius 3 is 2.60 bits per heavy atom. The van der Waals surface area contributed by atoms with E-state index in [0.29, 0.717) is 21.8 Å². The van der Waals surface area contributed by atoms with E-state index in [1.807, 2.05) is 24.3 Å². The maximum atomic E-state index is 12.1. The van der Waals surface area contributed by atoms with Crippen LogP contribution in [0.1, 0.15) is 17.2 Å². The Hall–Kier alpha value is -2.35. The largest absolute Gasteiger partial charge is 0.323 e. The van der Waals surface area contributed by atoms with Crippen LogP contribution in [0.15, 0.2) is 48.5 Å². The Balaban J connectivity index is 2.20. The highest BCUT2D eigenvalue weighted by atomic mass is 35.5. The van der Waals surface area contributed by atoms with Crippen LogP contribution in [0.3, 0.4) is 0 Å². The van der Waals surface area contributed by atoms with Gasteiger partial charge in [0.25, 0.3) is 0 Å². The molecule has 0 saturated carbocycles. The van der Waals surface area contributed by atoms with E-state index in [4.69, 9.17) is 22.6 Å². The second-order valence-electron chi connectivity index (χ2n) is 4.18. The maximum absolute atomic E-state index is 12.1. The SMILES string of the molecule is N#Cc1ccc(Cl)cc1NC(=O)[C@@H](N)c1ccccc1. The minimum Gasteiger partial charge on any atom is -0.323 e. The average molecular weight is 286 g/mol. The number of halogens is 1. The standard InChI is InChI=1S/C15H12ClN3O/c16-12-7-6-11(9-17)13(8-12)19-15(20)14(18)10-4-2-1-3-5-10/h1-8,14H,18H2,(H,19,20)/t14-/m0/s1. The van der Waals surface area contributed by atoms with Gasteiger partial charge in [0.1, 0.15) is 12.1 Å². The van der Waals surface area contributed by atoms with Crippen molar-refractivity contribution in [3.05, 3.63) is 64.7 Å². The van der Waals surface area contributed by atoms with Gasteiger partial charge in [-0.1, -0.05) is 41.9 Å². The maximum Gasteiger partial charge on any atom is 0.245 e. The topological polar surface area (TPSA) is 78.9 Å². The fraction of sp³-hybridized carbons (Fsp3) is 0.0667. The quantitative estimate of drug-likeness (QED) is 0.910. The van der Waals surface area contributed by atoms with Crippen molar-refractivity contribution < 1.29 is 4.79 Å². The van der Waals surface area contributed by atoms with Crippen LogP contribution in [0.5, 0.6) is 0 Å². The number of anilines is 1. The monoisotopic (exact) mass is 285 g/mol. The number of carbonyl (C=O) groups excluding carboxylic acids is 1. The van der Waals surface area contributed by atoms with Crippen molar-refractivity contribution in [2.45, 2.75) is 6.04 Å². The van der Waals surface area contributed by atoms with E-state index in [1.165, 1.54) is 6.07 Å². The van der Waals surface area contributed by atoms with Crippen LogP contribution >= 0.6 is 11.6 Å².